The molecule has 34 heavy (non-hydrogen) atoms. The summed E-state index contributed by atoms with van der Waals surface area (Å²) in [5, 5.41) is 21.9. The van der Waals surface area contributed by atoms with E-state index in [0.29, 0.717) is 41.2 Å². The van der Waals surface area contributed by atoms with Crippen LogP contribution < -0.4 is 19.5 Å². The molecule has 3 aromatic rings. The molecule has 180 valence electrons. The molecule has 2 N–H and O–H groups in total. The SMILES string of the molecule is C=CCn1c(SCCOc2ccc(OC)cc2)nnc1[C@@H](CO)NC(=O)c1ccc(OC)cc1. The van der Waals surface area contributed by atoms with Crippen molar-refractivity contribution in [1.82, 2.24) is 20.1 Å². The standard InChI is InChI=1S/C24H28N4O5S/c1-4-13-28-22(21(16-29)25-23(30)17-5-7-18(31-2)8-6-17)26-27-24(28)34-15-14-33-20-11-9-19(32-3)10-12-20/h4-12,21,29H,1,13-16H2,2-3H3,(H,25,30)/t21-/m1/s1. The summed E-state index contributed by atoms with van der Waals surface area (Å²) < 4.78 is 17.8. The minimum absolute atomic E-state index is 0.331. The highest BCUT2D eigenvalue weighted by Gasteiger charge is 2.23. The summed E-state index contributed by atoms with van der Waals surface area (Å²) in [6.07, 6.45) is 1.71. The number of rotatable bonds is 13. The van der Waals surface area contributed by atoms with Gasteiger partial charge in [-0.2, -0.15) is 0 Å². The summed E-state index contributed by atoms with van der Waals surface area (Å²) in [6.45, 7) is 4.36. The van der Waals surface area contributed by atoms with Crippen molar-refractivity contribution in [2.24, 2.45) is 0 Å². The van der Waals surface area contributed by atoms with Crippen molar-refractivity contribution >= 4 is 17.7 Å². The van der Waals surface area contributed by atoms with Gasteiger partial charge < -0.3 is 29.2 Å². The van der Waals surface area contributed by atoms with Gasteiger partial charge >= 0.3 is 0 Å². The van der Waals surface area contributed by atoms with E-state index in [1.54, 1.807) is 44.6 Å². The molecule has 1 atom stereocenters. The molecule has 9 nitrogen and oxygen atoms in total. The summed E-state index contributed by atoms with van der Waals surface area (Å²) in [5.74, 6) is 2.91. The molecule has 0 unspecified atom stereocenters. The zero-order chi connectivity index (χ0) is 24.3. The molecule has 0 radical (unpaired) electrons. The molecule has 0 fully saturated rings. The smallest absolute Gasteiger partial charge is 0.251 e. The molecular formula is C24H28N4O5S. The van der Waals surface area contributed by atoms with Gasteiger partial charge in [-0.15, -0.1) is 16.8 Å². The molecule has 0 saturated heterocycles. The zero-order valence-electron chi connectivity index (χ0n) is 19.1. The number of hydrogen-bond donors (Lipinski definition) is 2. The largest absolute Gasteiger partial charge is 0.497 e. The summed E-state index contributed by atoms with van der Waals surface area (Å²) in [4.78, 5) is 12.7. The Labute approximate surface area is 202 Å². The summed E-state index contributed by atoms with van der Waals surface area (Å²) in [5.41, 5.74) is 0.444. The number of hydrogen-bond acceptors (Lipinski definition) is 8. The molecule has 3 rings (SSSR count). The summed E-state index contributed by atoms with van der Waals surface area (Å²) in [7, 11) is 3.18. The molecule has 0 bridgehead atoms. The van der Waals surface area contributed by atoms with E-state index in [1.165, 1.54) is 11.8 Å². The van der Waals surface area contributed by atoms with E-state index in [0.717, 1.165) is 11.5 Å². The molecule has 10 heteroatoms. The molecule has 0 aliphatic rings. The van der Waals surface area contributed by atoms with E-state index < -0.39 is 6.04 Å². The number of amides is 1. The van der Waals surface area contributed by atoms with Gasteiger partial charge in [0.25, 0.3) is 5.91 Å². The van der Waals surface area contributed by atoms with Crippen LogP contribution in [0.5, 0.6) is 17.2 Å². The number of methoxy groups -OCH3 is 2. The first-order valence-electron chi connectivity index (χ1n) is 10.6. The second-order valence-electron chi connectivity index (χ2n) is 7.05. The third-order valence-electron chi connectivity index (χ3n) is 4.85. The molecular weight excluding hydrogens is 456 g/mol. The van der Waals surface area contributed by atoms with E-state index >= 15 is 0 Å². The summed E-state index contributed by atoms with van der Waals surface area (Å²) in [6, 6.07) is 13.3. The van der Waals surface area contributed by atoms with Gasteiger partial charge in [0.1, 0.15) is 23.3 Å². The van der Waals surface area contributed by atoms with E-state index in [1.807, 2.05) is 28.8 Å². The predicted octanol–water partition coefficient (Wildman–Crippen LogP) is 3.12. The van der Waals surface area contributed by atoms with Gasteiger partial charge in [0.15, 0.2) is 11.0 Å². The fourth-order valence-corrected chi connectivity index (χ4v) is 3.88. The number of carbonyl (C=O) groups excluding carboxylic acids is 1. The number of aliphatic hydroxyl groups excluding tert-OH is 1. The van der Waals surface area contributed by atoms with E-state index in [-0.39, 0.29) is 12.5 Å². The van der Waals surface area contributed by atoms with Crippen LogP contribution in [0, 0.1) is 0 Å². The van der Waals surface area contributed by atoms with E-state index in [2.05, 4.69) is 22.1 Å². The van der Waals surface area contributed by atoms with E-state index in [9.17, 15) is 9.90 Å². The molecule has 0 aliphatic heterocycles. The Kier molecular flexibility index (Phi) is 9.36. The highest BCUT2D eigenvalue weighted by Crippen LogP contribution is 2.22. The van der Waals surface area contributed by atoms with Crippen LogP contribution in [0.3, 0.4) is 0 Å². The Hall–Kier alpha value is -3.50. The summed E-state index contributed by atoms with van der Waals surface area (Å²) >= 11 is 1.47. The Bertz CT molecular complexity index is 1070. The second-order valence-corrected chi connectivity index (χ2v) is 8.11. The quantitative estimate of drug-likeness (QED) is 0.216. The van der Waals surface area contributed by atoms with Gasteiger partial charge in [-0.1, -0.05) is 17.8 Å². The molecule has 0 spiro atoms. The minimum atomic E-state index is -0.730. The van der Waals surface area contributed by atoms with E-state index in [4.69, 9.17) is 14.2 Å². The highest BCUT2D eigenvalue weighted by atomic mass is 32.2. The topological polar surface area (TPSA) is 108 Å². The zero-order valence-corrected chi connectivity index (χ0v) is 20.0. The average Bonchev–Trinajstić information content (AvgIpc) is 3.27. The maximum absolute atomic E-state index is 12.7. The van der Waals surface area contributed by atoms with Gasteiger partial charge in [0, 0.05) is 17.9 Å². The number of carbonyl (C=O) groups is 1. The van der Waals surface area contributed by atoms with Crippen LogP contribution in [-0.4, -0.2) is 59.0 Å². The van der Waals surface area contributed by atoms with Gasteiger partial charge in [0.05, 0.1) is 27.4 Å². The average molecular weight is 485 g/mol. The maximum Gasteiger partial charge on any atom is 0.251 e. The first-order chi connectivity index (χ1) is 16.6. The number of ether oxygens (including phenoxy) is 3. The predicted molar refractivity (Wildman–Crippen MR) is 130 cm³/mol. The molecule has 1 heterocycles. The van der Waals surface area contributed by atoms with Crippen LogP contribution in [-0.2, 0) is 6.54 Å². The lowest BCUT2D eigenvalue weighted by Gasteiger charge is -2.17. The van der Waals surface area contributed by atoms with Gasteiger partial charge in [-0.05, 0) is 48.5 Å². The first-order valence-corrected chi connectivity index (χ1v) is 11.6. The fourth-order valence-electron chi connectivity index (χ4n) is 3.11. The number of allylic oxidation sites excluding steroid dienone is 1. The van der Waals surface area contributed by atoms with Gasteiger partial charge in [0.2, 0.25) is 0 Å². The van der Waals surface area contributed by atoms with Gasteiger partial charge in [-0.3, -0.25) is 4.79 Å². The van der Waals surface area contributed by atoms with Crippen molar-refractivity contribution in [2.75, 3.05) is 33.2 Å². The molecule has 1 aromatic heterocycles. The number of aliphatic hydroxyl groups is 1. The Morgan fingerprint density at radius 3 is 2.29 bits per heavy atom. The van der Waals surface area contributed by atoms with Crippen molar-refractivity contribution in [1.29, 1.82) is 0 Å². The van der Waals surface area contributed by atoms with Crippen LogP contribution in [0.4, 0.5) is 0 Å². The number of thioether (sulfide) groups is 1. The molecule has 1 amide bonds. The third kappa shape index (κ3) is 6.52. The van der Waals surface area contributed by atoms with Crippen LogP contribution in [0.2, 0.25) is 0 Å². The van der Waals surface area contributed by atoms with Crippen molar-refractivity contribution in [3.05, 3.63) is 72.6 Å². The van der Waals surface area contributed by atoms with Crippen LogP contribution >= 0.6 is 11.8 Å². The Morgan fingerprint density at radius 1 is 1.09 bits per heavy atom. The highest BCUT2D eigenvalue weighted by molar-refractivity contribution is 7.99. The number of nitrogens with zero attached hydrogens (tertiary/aromatic N) is 3. The third-order valence-corrected chi connectivity index (χ3v) is 5.78. The van der Waals surface area contributed by atoms with Crippen molar-refractivity contribution in [3.8, 4) is 17.2 Å². The Balaban J connectivity index is 1.63. The van der Waals surface area contributed by atoms with Crippen LogP contribution in [0.25, 0.3) is 0 Å². The second kappa shape index (κ2) is 12.7. The van der Waals surface area contributed by atoms with Crippen molar-refractivity contribution in [2.45, 2.75) is 17.7 Å². The number of benzene rings is 2. The van der Waals surface area contributed by atoms with Crippen molar-refractivity contribution in [3.63, 3.8) is 0 Å². The number of nitrogens with one attached hydrogen (secondary N) is 1. The molecule has 2 aromatic carbocycles. The first kappa shape index (κ1) is 25.1. The van der Waals surface area contributed by atoms with Gasteiger partial charge in [-0.25, -0.2) is 0 Å². The lowest BCUT2D eigenvalue weighted by Crippen LogP contribution is -2.33. The van der Waals surface area contributed by atoms with Crippen molar-refractivity contribution < 1.29 is 24.1 Å². The van der Waals surface area contributed by atoms with Crippen LogP contribution in [0.1, 0.15) is 22.2 Å². The molecule has 0 aliphatic carbocycles. The fraction of sp³-hybridized carbons (Fsp3) is 0.292. The maximum atomic E-state index is 12.7. The lowest BCUT2D eigenvalue weighted by atomic mass is 10.2. The normalized spacial score (nSPS) is 11.5. The Morgan fingerprint density at radius 2 is 1.71 bits per heavy atom. The van der Waals surface area contributed by atoms with Crippen LogP contribution in [0.15, 0.2) is 66.3 Å². The minimum Gasteiger partial charge on any atom is -0.497 e. The molecule has 0 saturated carbocycles. The lowest BCUT2D eigenvalue weighted by molar-refractivity contribution is 0.0911. The monoisotopic (exact) mass is 484 g/mol. The number of aromatic nitrogens is 3.